The molecule has 0 heterocycles. The number of carbonyl (C=O) groups excluding carboxylic acids is 2. The van der Waals surface area contributed by atoms with E-state index in [1.54, 1.807) is 6.07 Å². The fourth-order valence-corrected chi connectivity index (χ4v) is 4.07. The lowest BCUT2D eigenvalue weighted by molar-refractivity contribution is -0.115. The summed E-state index contributed by atoms with van der Waals surface area (Å²) in [6.07, 6.45) is 2.11. The van der Waals surface area contributed by atoms with E-state index in [0.717, 1.165) is 34.7 Å². The molecule has 6 heteroatoms. The first-order valence-corrected chi connectivity index (χ1v) is 12.0. The van der Waals surface area contributed by atoms with Crippen LogP contribution in [-0.4, -0.2) is 23.7 Å². The molecule has 0 aliphatic carbocycles. The Morgan fingerprint density at radius 1 is 0.939 bits per heavy atom. The van der Waals surface area contributed by atoms with E-state index in [4.69, 9.17) is 4.74 Å². The third-order valence-corrected chi connectivity index (χ3v) is 6.15. The molecule has 2 N–H and O–H groups in total. The molecule has 0 saturated carbocycles. The number of ether oxygens (including phenoxy) is 1. The van der Waals surface area contributed by atoms with Crippen LogP contribution in [0.25, 0.3) is 0 Å². The summed E-state index contributed by atoms with van der Waals surface area (Å²) in [5.74, 6) is 0.561. The van der Waals surface area contributed by atoms with Gasteiger partial charge in [0.2, 0.25) is 5.91 Å². The van der Waals surface area contributed by atoms with Gasteiger partial charge in [-0.2, -0.15) is 0 Å². The van der Waals surface area contributed by atoms with Gasteiger partial charge in [0.25, 0.3) is 5.91 Å². The zero-order valence-corrected chi connectivity index (χ0v) is 20.1. The van der Waals surface area contributed by atoms with Crippen LogP contribution in [0.2, 0.25) is 0 Å². The highest BCUT2D eigenvalue weighted by Gasteiger charge is 2.15. The Labute approximate surface area is 199 Å². The molecule has 0 bridgehead atoms. The van der Waals surface area contributed by atoms with Gasteiger partial charge in [-0.15, -0.1) is 11.8 Å². The Bertz CT molecular complexity index is 1080. The molecule has 0 aliphatic rings. The topological polar surface area (TPSA) is 67.4 Å². The molecule has 0 aromatic heterocycles. The smallest absolute Gasteiger partial charge is 0.255 e. The molecule has 0 spiro atoms. The number of hydrogen-bond acceptors (Lipinski definition) is 4. The molecule has 3 aromatic rings. The predicted molar refractivity (Wildman–Crippen MR) is 136 cm³/mol. The molecule has 0 saturated heterocycles. The van der Waals surface area contributed by atoms with Gasteiger partial charge in [-0.25, -0.2) is 0 Å². The summed E-state index contributed by atoms with van der Waals surface area (Å²) in [6, 6.07) is 22.4. The molecular weight excluding hydrogens is 432 g/mol. The van der Waals surface area contributed by atoms with Gasteiger partial charge in [0.15, 0.2) is 0 Å². The largest absolute Gasteiger partial charge is 0.494 e. The highest BCUT2D eigenvalue weighted by atomic mass is 32.2. The maximum Gasteiger partial charge on any atom is 0.255 e. The van der Waals surface area contributed by atoms with Crippen LogP contribution in [0.1, 0.15) is 42.6 Å². The summed E-state index contributed by atoms with van der Waals surface area (Å²) >= 11 is 1.44. The molecule has 1 atom stereocenters. The third kappa shape index (κ3) is 7.39. The number of aryl methyl sites for hydroxylation is 1. The number of carbonyl (C=O) groups is 2. The maximum atomic E-state index is 12.7. The number of rotatable bonds is 10. The molecule has 33 heavy (non-hydrogen) atoms. The fraction of sp³-hybridized carbons (Fsp3) is 0.259. The summed E-state index contributed by atoms with van der Waals surface area (Å²) < 4.78 is 5.66. The van der Waals surface area contributed by atoms with Crippen molar-refractivity contribution in [3.63, 3.8) is 0 Å². The number of anilines is 2. The first kappa shape index (κ1) is 24.4. The quantitative estimate of drug-likeness (QED) is 0.265. The Morgan fingerprint density at radius 2 is 1.70 bits per heavy atom. The number of unbranched alkanes of at least 4 members (excludes halogenated alkanes) is 1. The van der Waals surface area contributed by atoms with E-state index in [9.17, 15) is 9.59 Å². The number of thioether (sulfide) groups is 1. The van der Waals surface area contributed by atoms with Gasteiger partial charge in [-0.05, 0) is 74.4 Å². The van der Waals surface area contributed by atoms with Crippen molar-refractivity contribution < 1.29 is 14.3 Å². The van der Waals surface area contributed by atoms with Gasteiger partial charge < -0.3 is 15.4 Å². The molecule has 2 amide bonds. The molecule has 5 nitrogen and oxygen atoms in total. The highest BCUT2D eigenvalue weighted by Crippen LogP contribution is 2.27. The molecule has 3 aromatic carbocycles. The summed E-state index contributed by atoms with van der Waals surface area (Å²) in [4.78, 5) is 26.2. The van der Waals surface area contributed by atoms with Crippen LogP contribution in [0.5, 0.6) is 5.75 Å². The predicted octanol–water partition coefficient (Wildman–Crippen LogP) is 6.55. The van der Waals surface area contributed by atoms with Crippen molar-refractivity contribution in [2.45, 2.75) is 43.8 Å². The van der Waals surface area contributed by atoms with Crippen molar-refractivity contribution in [1.82, 2.24) is 0 Å². The number of amides is 2. The van der Waals surface area contributed by atoms with E-state index in [2.05, 4.69) is 17.6 Å². The van der Waals surface area contributed by atoms with E-state index in [-0.39, 0.29) is 17.1 Å². The minimum absolute atomic E-state index is 0.0889. The van der Waals surface area contributed by atoms with Crippen LogP contribution in [0.3, 0.4) is 0 Å². The Morgan fingerprint density at radius 3 is 2.42 bits per heavy atom. The normalized spacial score (nSPS) is 11.5. The second-order valence-electron chi connectivity index (χ2n) is 7.77. The number of nitrogens with one attached hydrogen (secondary N) is 2. The van der Waals surface area contributed by atoms with Gasteiger partial charge in [0.05, 0.1) is 11.9 Å². The van der Waals surface area contributed by atoms with Crippen LogP contribution >= 0.6 is 11.8 Å². The van der Waals surface area contributed by atoms with Crippen molar-refractivity contribution >= 4 is 35.0 Å². The van der Waals surface area contributed by atoms with E-state index < -0.39 is 0 Å². The van der Waals surface area contributed by atoms with Crippen LogP contribution in [0.4, 0.5) is 11.4 Å². The lowest BCUT2D eigenvalue weighted by Crippen LogP contribution is -2.22. The van der Waals surface area contributed by atoms with Crippen LogP contribution in [0, 0.1) is 6.92 Å². The Balaban J connectivity index is 1.55. The van der Waals surface area contributed by atoms with Crippen molar-refractivity contribution in [1.29, 1.82) is 0 Å². The van der Waals surface area contributed by atoms with Gasteiger partial charge in [-0.3, -0.25) is 9.59 Å². The van der Waals surface area contributed by atoms with Gasteiger partial charge in [0, 0.05) is 21.8 Å². The number of benzene rings is 3. The molecule has 0 aliphatic heterocycles. The molecule has 0 radical (unpaired) electrons. The minimum Gasteiger partial charge on any atom is -0.494 e. The summed E-state index contributed by atoms with van der Waals surface area (Å²) in [6.45, 7) is 6.59. The van der Waals surface area contributed by atoms with Crippen molar-refractivity contribution in [2.24, 2.45) is 0 Å². The van der Waals surface area contributed by atoms with E-state index >= 15 is 0 Å². The zero-order valence-electron chi connectivity index (χ0n) is 19.3. The van der Waals surface area contributed by atoms with E-state index in [1.807, 2.05) is 80.6 Å². The highest BCUT2D eigenvalue weighted by molar-refractivity contribution is 8.00. The van der Waals surface area contributed by atoms with Gasteiger partial charge in [0.1, 0.15) is 5.75 Å². The number of hydrogen-bond donors (Lipinski definition) is 2. The summed E-state index contributed by atoms with van der Waals surface area (Å²) in [5.41, 5.74) is 2.99. The minimum atomic E-state index is -0.312. The lowest BCUT2D eigenvalue weighted by Gasteiger charge is -2.14. The summed E-state index contributed by atoms with van der Waals surface area (Å²) in [5, 5.41) is 5.57. The Kier molecular flexibility index (Phi) is 8.95. The summed E-state index contributed by atoms with van der Waals surface area (Å²) in [7, 11) is 0. The second kappa shape index (κ2) is 12.1. The lowest BCUT2D eigenvalue weighted by atomic mass is 10.1. The molecular formula is C27H30N2O3S. The van der Waals surface area contributed by atoms with Crippen molar-refractivity contribution in [3.05, 3.63) is 83.9 Å². The molecule has 3 rings (SSSR count). The van der Waals surface area contributed by atoms with E-state index in [0.29, 0.717) is 17.9 Å². The average molecular weight is 463 g/mol. The first-order chi connectivity index (χ1) is 16.0. The van der Waals surface area contributed by atoms with Crippen LogP contribution in [-0.2, 0) is 4.79 Å². The van der Waals surface area contributed by atoms with Crippen LogP contribution in [0.15, 0.2) is 77.7 Å². The average Bonchev–Trinajstić information content (AvgIpc) is 2.81. The van der Waals surface area contributed by atoms with Crippen molar-refractivity contribution in [2.75, 3.05) is 17.2 Å². The standard InChI is InChI=1S/C27H30N2O3S/c1-4-5-17-32-23-15-13-21(14-16-23)28-26(30)20(3)33-24-11-8-10-22(18-24)29-27(31)25-12-7-6-9-19(25)2/h6-16,18,20H,4-5,17H2,1-3H3,(H,28,30)(H,29,31). The fourth-order valence-electron chi connectivity index (χ4n) is 3.14. The monoisotopic (exact) mass is 462 g/mol. The SMILES string of the molecule is CCCCOc1ccc(NC(=O)C(C)Sc2cccc(NC(=O)c3ccccc3C)c2)cc1. The molecule has 0 fully saturated rings. The van der Waals surface area contributed by atoms with Gasteiger partial charge >= 0.3 is 0 Å². The first-order valence-electron chi connectivity index (χ1n) is 11.1. The molecule has 1 unspecified atom stereocenters. The zero-order chi connectivity index (χ0) is 23.6. The van der Waals surface area contributed by atoms with Crippen molar-refractivity contribution in [3.8, 4) is 5.75 Å². The van der Waals surface area contributed by atoms with E-state index in [1.165, 1.54) is 11.8 Å². The maximum absolute atomic E-state index is 12.7. The van der Waals surface area contributed by atoms with Crippen LogP contribution < -0.4 is 15.4 Å². The van der Waals surface area contributed by atoms with Gasteiger partial charge in [-0.1, -0.05) is 37.6 Å². The molecule has 172 valence electrons. The second-order valence-corrected chi connectivity index (χ2v) is 9.19. The third-order valence-electron chi connectivity index (χ3n) is 5.05. The Hall–Kier alpha value is -3.25.